The van der Waals surface area contributed by atoms with Crippen LogP contribution in [0.15, 0.2) is 0 Å². The summed E-state index contributed by atoms with van der Waals surface area (Å²) in [5, 5.41) is 0. The minimum atomic E-state index is -3.31. The number of hydrogen-bond acceptors (Lipinski definition) is 4. The number of rotatable bonds is 12. The van der Waals surface area contributed by atoms with Gasteiger partial charge in [-0.05, 0) is 19.3 Å². The van der Waals surface area contributed by atoms with E-state index in [2.05, 4.69) is 20.8 Å². The fraction of sp³-hybridized carbons (Fsp3) is 1.00. The average molecular weight is 379 g/mol. The van der Waals surface area contributed by atoms with Gasteiger partial charge in [0.2, 0.25) is 0 Å². The molecule has 0 saturated carbocycles. The van der Waals surface area contributed by atoms with Crippen LogP contribution in [0.5, 0.6) is 0 Å². The van der Waals surface area contributed by atoms with Gasteiger partial charge in [0.1, 0.15) is 0 Å². The summed E-state index contributed by atoms with van der Waals surface area (Å²) in [4.78, 5) is 0. The molecule has 0 saturated heterocycles. The van der Waals surface area contributed by atoms with Crippen molar-refractivity contribution in [2.75, 3.05) is 19.8 Å². The van der Waals surface area contributed by atoms with Gasteiger partial charge in [0.05, 0.1) is 19.8 Å². The van der Waals surface area contributed by atoms with Gasteiger partial charge >= 0.3 is 7.82 Å². The van der Waals surface area contributed by atoms with Gasteiger partial charge in [-0.3, -0.25) is 13.6 Å². The summed E-state index contributed by atoms with van der Waals surface area (Å²) in [7, 11) is -3.31. The Balaban J connectivity index is 0. The zero-order valence-corrected chi connectivity index (χ0v) is 17.1. The minimum Gasteiger partial charge on any atom is -0.287 e. The SMILES string of the molecule is CCCCOP(=O)(OCCCC)OCCCC.[Cd]. The van der Waals surface area contributed by atoms with E-state index < -0.39 is 7.82 Å². The van der Waals surface area contributed by atoms with Crippen molar-refractivity contribution >= 4 is 7.82 Å². The largest absolute Gasteiger partial charge is 0.474 e. The van der Waals surface area contributed by atoms with E-state index in [1.807, 2.05) is 0 Å². The van der Waals surface area contributed by atoms with Crippen molar-refractivity contribution in [3.63, 3.8) is 0 Å². The Hall–Kier alpha value is 1.03. The van der Waals surface area contributed by atoms with Crippen LogP contribution in [-0.4, -0.2) is 19.8 Å². The quantitative estimate of drug-likeness (QED) is 0.284. The van der Waals surface area contributed by atoms with Crippen LogP contribution >= 0.6 is 7.82 Å². The second-order valence-corrected chi connectivity index (χ2v) is 5.68. The van der Waals surface area contributed by atoms with Crippen molar-refractivity contribution in [2.24, 2.45) is 0 Å². The third kappa shape index (κ3) is 12.1. The molecule has 0 aromatic carbocycles. The van der Waals surface area contributed by atoms with Crippen LogP contribution in [0.4, 0.5) is 0 Å². The topological polar surface area (TPSA) is 44.8 Å². The van der Waals surface area contributed by atoms with E-state index in [0.717, 1.165) is 38.5 Å². The zero-order chi connectivity index (χ0) is 13.0. The first-order valence-corrected chi connectivity index (χ1v) is 8.18. The maximum atomic E-state index is 12.2. The standard InChI is InChI=1S/C12H27O4P.Cd/c1-4-7-10-14-17(13,15-11-8-5-2)16-12-9-6-3;/h4-12H2,1-3H3;. The van der Waals surface area contributed by atoms with Gasteiger partial charge in [-0.1, -0.05) is 40.0 Å². The van der Waals surface area contributed by atoms with Crippen molar-refractivity contribution in [3.05, 3.63) is 0 Å². The number of phosphoric ester groups is 1. The maximum absolute atomic E-state index is 12.2. The molecule has 0 aliphatic rings. The first-order valence-electron chi connectivity index (χ1n) is 6.72. The molecule has 18 heavy (non-hydrogen) atoms. The van der Waals surface area contributed by atoms with Gasteiger partial charge < -0.3 is 0 Å². The molecule has 0 bridgehead atoms. The van der Waals surface area contributed by atoms with E-state index in [-0.39, 0.29) is 27.3 Å². The van der Waals surface area contributed by atoms with Crippen LogP contribution in [0.25, 0.3) is 0 Å². The predicted molar refractivity (Wildman–Crippen MR) is 70.2 cm³/mol. The van der Waals surface area contributed by atoms with Crippen molar-refractivity contribution in [1.82, 2.24) is 0 Å². The molecule has 0 radical (unpaired) electrons. The molecule has 0 heterocycles. The van der Waals surface area contributed by atoms with Crippen LogP contribution in [0.1, 0.15) is 59.3 Å². The molecule has 0 fully saturated rings. The Morgan fingerprint density at radius 3 is 1.22 bits per heavy atom. The second-order valence-electron chi connectivity index (χ2n) is 4.01. The van der Waals surface area contributed by atoms with E-state index in [1.165, 1.54) is 0 Å². The maximum Gasteiger partial charge on any atom is 0.474 e. The van der Waals surface area contributed by atoms with Gasteiger partial charge in [-0.15, -0.1) is 0 Å². The third-order valence-corrected chi connectivity index (χ3v) is 3.74. The van der Waals surface area contributed by atoms with Gasteiger partial charge in [-0.25, -0.2) is 4.57 Å². The number of hydrogen-bond donors (Lipinski definition) is 0. The van der Waals surface area contributed by atoms with Crippen molar-refractivity contribution in [3.8, 4) is 0 Å². The van der Waals surface area contributed by atoms with Crippen LogP contribution < -0.4 is 0 Å². The number of unbranched alkanes of at least 4 members (excludes halogenated alkanes) is 3. The van der Waals surface area contributed by atoms with Gasteiger partial charge in [0, 0.05) is 27.3 Å². The first-order chi connectivity index (χ1) is 8.18. The van der Waals surface area contributed by atoms with Crippen LogP contribution in [0.2, 0.25) is 0 Å². The Bertz CT molecular complexity index is 181. The van der Waals surface area contributed by atoms with E-state index >= 15 is 0 Å². The van der Waals surface area contributed by atoms with Crippen molar-refractivity contribution in [1.29, 1.82) is 0 Å². The van der Waals surface area contributed by atoms with Crippen molar-refractivity contribution in [2.45, 2.75) is 59.3 Å². The fourth-order valence-corrected chi connectivity index (χ4v) is 2.36. The monoisotopic (exact) mass is 380 g/mol. The van der Waals surface area contributed by atoms with E-state index in [4.69, 9.17) is 13.6 Å². The Morgan fingerprint density at radius 2 is 1.00 bits per heavy atom. The summed E-state index contributed by atoms with van der Waals surface area (Å²) < 4.78 is 28.0. The predicted octanol–water partition coefficient (Wildman–Crippen LogP) is 4.54. The third-order valence-electron chi connectivity index (χ3n) is 2.24. The molecule has 0 rings (SSSR count). The molecule has 106 valence electrons. The molecule has 0 N–H and O–H groups in total. The van der Waals surface area contributed by atoms with E-state index in [1.54, 1.807) is 0 Å². The molecule has 0 atom stereocenters. The van der Waals surface area contributed by atoms with Gasteiger partial charge in [0.25, 0.3) is 0 Å². The summed E-state index contributed by atoms with van der Waals surface area (Å²) in [5.41, 5.74) is 0. The molecular weight excluding hydrogens is 352 g/mol. The summed E-state index contributed by atoms with van der Waals surface area (Å²) in [6.07, 6.45) is 5.63. The molecule has 0 unspecified atom stereocenters. The summed E-state index contributed by atoms with van der Waals surface area (Å²) in [5.74, 6) is 0. The second kappa shape index (κ2) is 14.4. The van der Waals surface area contributed by atoms with Crippen molar-refractivity contribution < 1.29 is 45.4 Å². The van der Waals surface area contributed by atoms with Crippen LogP contribution in [0, 0.1) is 0 Å². The van der Waals surface area contributed by atoms with E-state index in [0.29, 0.717) is 19.8 Å². The Labute approximate surface area is 132 Å². The number of phosphoric acid groups is 1. The van der Waals surface area contributed by atoms with E-state index in [9.17, 15) is 4.57 Å². The van der Waals surface area contributed by atoms with Gasteiger partial charge in [0.15, 0.2) is 0 Å². The fourth-order valence-electron chi connectivity index (χ4n) is 1.07. The molecule has 0 aromatic rings. The summed E-state index contributed by atoms with van der Waals surface area (Å²) >= 11 is 0. The Kier molecular flexibility index (Phi) is 17.1. The molecule has 6 heteroatoms. The molecule has 0 aromatic heterocycles. The minimum absolute atomic E-state index is 0. The molecule has 0 aliphatic carbocycles. The Morgan fingerprint density at radius 1 is 0.722 bits per heavy atom. The van der Waals surface area contributed by atoms with Crippen LogP contribution in [-0.2, 0) is 45.4 Å². The summed E-state index contributed by atoms with van der Waals surface area (Å²) in [6, 6.07) is 0. The molecule has 4 nitrogen and oxygen atoms in total. The molecule has 0 amide bonds. The molecular formula is C12H27CdO4P. The smallest absolute Gasteiger partial charge is 0.287 e. The molecule has 0 spiro atoms. The van der Waals surface area contributed by atoms with Gasteiger partial charge in [-0.2, -0.15) is 0 Å². The zero-order valence-electron chi connectivity index (χ0n) is 12.2. The molecule has 0 aliphatic heterocycles. The normalized spacial score (nSPS) is 11.3. The van der Waals surface area contributed by atoms with Crippen LogP contribution in [0.3, 0.4) is 0 Å². The summed E-state index contributed by atoms with van der Waals surface area (Å²) in [6.45, 7) is 7.49. The first kappa shape index (κ1) is 21.3. The average Bonchev–Trinajstić information content (AvgIpc) is 2.30.